The number of hydrogen-bond acceptors (Lipinski definition) is 4. The van der Waals surface area contributed by atoms with E-state index in [1.165, 1.54) is 0 Å². The monoisotopic (exact) mass is 327 g/mol. The fourth-order valence-corrected chi connectivity index (χ4v) is 2.59. The zero-order valence-corrected chi connectivity index (χ0v) is 14.3. The van der Waals surface area contributed by atoms with E-state index < -0.39 is 11.5 Å². The third kappa shape index (κ3) is 4.43. The molecule has 0 aliphatic carbocycles. The first kappa shape index (κ1) is 18.2. The van der Waals surface area contributed by atoms with E-state index in [9.17, 15) is 9.90 Å². The number of carbonyl (C=O) groups excluding carboxylic acids is 1. The van der Waals surface area contributed by atoms with Crippen molar-refractivity contribution in [3.63, 3.8) is 0 Å². The van der Waals surface area contributed by atoms with Crippen molar-refractivity contribution in [3.8, 4) is 0 Å². The lowest BCUT2D eigenvalue weighted by Crippen LogP contribution is -2.55. The largest absolute Gasteiger partial charge is 0.465 e. The fourth-order valence-electron chi connectivity index (χ4n) is 2.59. The number of rotatable bonds is 8. The Labute approximate surface area is 143 Å². The maximum atomic E-state index is 12.5. The Morgan fingerprint density at radius 2 is 1.46 bits per heavy atom. The molecule has 128 valence electrons. The molecule has 0 aliphatic rings. The lowest BCUT2D eigenvalue weighted by atomic mass is 9.98. The van der Waals surface area contributed by atoms with Crippen molar-refractivity contribution < 1.29 is 14.6 Å². The first-order valence-corrected chi connectivity index (χ1v) is 8.21. The summed E-state index contributed by atoms with van der Waals surface area (Å²) in [5.41, 5.74) is 1.07. The van der Waals surface area contributed by atoms with Gasteiger partial charge in [0.05, 0.1) is 13.2 Å². The van der Waals surface area contributed by atoms with E-state index in [0.717, 1.165) is 11.1 Å². The van der Waals surface area contributed by atoms with Gasteiger partial charge in [0.25, 0.3) is 0 Å². The van der Waals surface area contributed by atoms with Crippen molar-refractivity contribution in [2.24, 2.45) is 0 Å². The van der Waals surface area contributed by atoms with Crippen LogP contribution in [0.2, 0.25) is 0 Å². The third-order valence-corrected chi connectivity index (χ3v) is 4.15. The number of nitrogens with zero attached hydrogens (tertiary/aromatic N) is 1. The molecule has 1 atom stereocenters. The van der Waals surface area contributed by atoms with Crippen molar-refractivity contribution >= 4 is 5.97 Å². The summed E-state index contributed by atoms with van der Waals surface area (Å²) in [6.45, 7) is 4.59. The van der Waals surface area contributed by atoms with Crippen molar-refractivity contribution in [1.29, 1.82) is 0 Å². The van der Waals surface area contributed by atoms with Crippen LogP contribution in [0.4, 0.5) is 0 Å². The molecule has 1 N–H and O–H groups in total. The van der Waals surface area contributed by atoms with E-state index in [1.54, 1.807) is 13.8 Å². The molecule has 0 fully saturated rings. The van der Waals surface area contributed by atoms with Gasteiger partial charge >= 0.3 is 5.97 Å². The Bertz CT molecular complexity index is 588. The summed E-state index contributed by atoms with van der Waals surface area (Å²) in [4.78, 5) is 14.5. The SMILES string of the molecule is CCOC(=O)[C@](C)(CO)N(Cc1ccccc1)Cc1ccccc1. The minimum Gasteiger partial charge on any atom is -0.465 e. The second kappa shape index (κ2) is 8.62. The minimum absolute atomic E-state index is 0.291. The lowest BCUT2D eigenvalue weighted by Gasteiger charge is -2.38. The first-order chi connectivity index (χ1) is 11.6. The number of aliphatic hydroxyl groups excluding tert-OH is 1. The minimum atomic E-state index is -1.10. The molecule has 24 heavy (non-hydrogen) atoms. The van der Waals surface area contributed by atoms with Crippen LogP contribution in [-0.2, 0) is 22.6 Å². The molecule has 0 radical (unpaired) electrons. The maximum absolute atomic E-state index is 12.5. The van der Waals surface area contributed by atoms with E-state index in [0.29, 0.717) is 19.7 Å². The van der Waals surface area contributed by atoms with E-state index >= 15 is 0 Å². The van der Waals surface area contributed by atoms with Crippen LogP contribution in [-0.4, -0.2) is 34.7 Å². The molecule has 2 aromatic rings. The molecular weight excluding hydrogens is 302 g/mol. The van der Waals surface area contributed by atoms with Gasteiger partial charge in [-0.3, -0.25) is 4.90 Å². The predicted octanol–water partition coefficient (Wildman–Crippen LogP) is 3.00. The molecule has 0 aromatic heterocycles. The predicted molar refractivity (Wildman–Crippen MR) is 94.3 cm³/mol. The highest BCUT2D eigenvalue weighted by molar-refractivity contribution is 5.80. The Balaban J connectivity index is 2.31. The number of aliphatic hydroxyl groups is 1. The van der Waals surface area contributed by atoms with Crippen molar-refractivity contribution in [2.75, 3.05) is 13.2 Å². The highest BCUT2D eigenvalue weighted by atomic mass is 16.5. The normalized spacial score (nSPS) is 13.5. The first-order valence-electron chi connectivity index (χ1n) is 8.21. The Hall–Kier alpha value is -2.17. The van der Waals surface area contributed by atoms with Gasteiger partial charge in [-0.05, 0) is 25.0 Å². The quantitative estimate of drug-likeness (QED) is 0.757. The Morgan fingerprint density at radius 3 is 1.83 bits per heavy atom. The van der Waals surface area contributed by atoms with Gasteiger partial charge < -0.3 is 9.84 Å². The summed E-state index contributed by atoms with van der Waals surface area (Å²) >= 11 is 0. The second-order valence-corrected chi connectivity index (χ2v) is 5.98. The molecule has 0 aliphatic heterocycles. The Morgan fingerprint density at radius 1 is 1.00 bits per heavy atom. The van der Waals surface area contributed by atoms with Gasteiger partial charge in [0, 0.05) is 13.1 Å². The van der Waals surface area contributed by atoms with Crippen LogP contribution >= 0.6 is 0 Å². The average molecular weight is 327 g/mol. The standard InChI is InChI=1S/C20H25NO3/c1-3-24-19(23)20(2,16-22)21(14-17-10-6-4-7-11-17)15-18-12-8-5-9-13-18/h4-13,22H,3,14-16H2,1-2H3/t20-/m0/s1. The summed E-state index contributed by atoms with van der Waals surface area (Å²) in [6.07, 6.45) is 0. The van der Waals surface area contributed by atoms with Crippen LogP contribution in [0.3, 0.4) is 0 Å². The van der Waals surface area contributed by atoms with Gasteiger partial charge in [0.15, 0.2) is 0 Å². The molecular formula is C20H25NO3. The van der Waals surface area contributed by atoms with Crippen LogP contribution in [0, 0.1) is 0 Å². The van der Waals surface area contributed by atoms with Crippen LogP contribution < -0.4 is 0 Å². The molecule has 0 spiro atoms. The van der Waals surface area contributed by atoms with Crippen LogP contribution in [0.1, 0.15) is 25.0 Å². The average Bonchev–Trinajstić information content (AvgIpc) is 2.62. The lowest BCUT2D eigenvalue weighted by molar-refractivity contribution is -0.161. The van der Waals surface area contributed by atoms with Crippen LogP contribution in [0.25, 0.3) is 0 Å². The summed E-state index contributed by atoms with van der Waals surface area (Å²) < 4.78 is 5.21. The smallest absolute Gasteiger partial charge is 0.328 e. The van der Waals surface area contributed by atoms with Crippen molar-refractivity contribution in [3.05, 3.63) is 71.8 Å². The highest BCUT2D eigenvalue weighted by Gasteiger charge is 2.40. The molecule has 0 saturated carbocycles. The summed E-state index contributed by atoms with van der Waals surface area (Å²) in [6, 6.07) is 19.9. The summed E-state index contributed by atoms with van der Waals surface area (Å²) in [5, 5.41) is 9.97. The van der Waals surface area contributed by atoms with Gasteiger partial charge in [-0.25, -0.2) is 4.79 Å². The van der Waals surface area contributed by atoms with Crippen molar-refractivity contribution in [1.82, 2.24) is 4.90 Å². The molecule has 2 rings (SSSR count). The molecule has 0 amide bonds. The van der Waals surface area contributed by atoms with E-state index in [4.69, 9.17) is 4.74 Å². The second-order valence-electron chi connectivity index (χ2n) is 5.98. The molecule has 2 aromatic carbocycles. The zero-order chi connectivity index (χ0) is 17.4. The number of benzene rings is 2. The third-order valence-electron chi connectivity index (χ3n) is 4.15. The molecule has 0 unspecified atom stereocenters. The number of ether oxygens (including phenoxy) is 1. The van der Waals surface area contributed by atoms with E-state index in [1.807, 2.05) is 65.6 Å². The molecule has 0 bridgehead atoms. The van der Waals surface area contributed by atoms with Gasteiger partial charge in [0.2, 0.25) is 0 Å². The fraction of sp³-hybridized carbons (Fsp3) is 0.350. The Kier molecular flexibility index (Phi) is 6.53. The number of hydrogen-bond donors (Lipinski definition) is 1. The number of carbonyl (C=O) groups is 1. The molecule has 4 heteroatoms. The van der Waals surface area contributed by atoms with E-state index in [2.05, 4.69) is 0 Å². The summed E-state index contributed by atoms with van der Waals surface area (Å²) in [5.74, 6) is -0.403. The maximum Gasteiger partial charge on any atom is 0.328 e. The van der Waals surface area contributed by atoms with Gasteiger partial charge in [-0.15, -0.1) is 0 Å². The molecule has 0 saturated heterocycles. The zero-order valence-electron chi connectivity index (χ0n) is 14.3. The molecule has 0 heterocycles. The highest BCUT2D eigenvalue weighted by Crippen LogP contribution is 2.23. The summed E-state index contributed by atoms with van der Waals surface area (Å²) in [7, 11) is 0. The van der Waals surface area contributed by atoms with Gasteiger partial charge in [-0.1, -0.05) is 60.7 Å². The van der Waals surface area contributed by atoms with Crippen molar-refractivity contribution in [2.45, 2.75) is 32.5 Å². The number of esters is 1. The van der Waals surface area contributed by atoms with Gasteiger partial charge in [0.1, 0.15) is 5.54 Å². The van der Waals surface area contributed by atoms with Crippen LogP contribution in [0.5, 0.6) is 0 Å². The topological polar surface area (TPSA) is 49.8 Å². The van der Waals surface area contributed by atoms with Crippen LogP contribution in [0.15, 0.2) is 60.7 Å². The molecule has 4 nitrogen and oxygen atoms in total. The van der Waals surface area contributed by atoms with Gasteiger partial charge in [-0.2, -0.15) is 0 Å². The van der Waals surface area contributed by atoms with E-state index in [-0.39, 0.29) is 6.61 Å².